The topological polar surface area (TPSA) is 88.6 Å². The van der Waals surface area contributed by atoms with E-state index in [1.54, 1.807) is 49.7 Å². The Bertz CT molecular complexity index is 1100. The van der Waals surface area contributed by atoms with Crippen LogP contribution in [0, 0.1) is 0 Å². The Morgan fingerprint density at radius 2 is 2.00 bits per heavy atom. The van der Waals surface area contributed by atoms with Crippen molar-refractivity contribution >= 4 is 46.7 Å². The summed E-state index contributed by atoms with van der Waals surface area (Å²) < 4.78 is 11.2. The molecule has 0 amide bonds. The maximum absolute atomic E-state index is 11.4. The number of anilines is 1. The molecule has 0 atom stereocenters. The van der Waals surface area contributed by atoms with E-state index in [0.29, 0.717) is 27.2 Å². The van der Waals surface area contributed by atoms with Crippen LogP contribution in [0.1, 0.15) is 11.1 Å². The van der Waals surface area contributed by atoms with Gasteiger partial charge in [0.15, 0.2) is 11.5 Å². The van der Waals surface area contributed by atoms with Crippen LogP contribution in [0.4, 0.5) is 5.69 Å². The quantitative estimate of drug-likeness (QED) is 0.397. The second-order valence-electron chi connectivity index (χ2n) is 5.73. The molecule has 3 aromatic rings. The molecule has 0 saturated carbocycles. The number of benzene rings is 2. The fraction of sp³-hybridized carbons (Fsp3) is 0.105. The van der Waals surface area contributed by atoms with Crippen LogP contribution in [-0.2, 0) is 6.61 Å². The fourth-order valence-electron chi connectivity index (χ4n) is 2.32. The molecule has 0 aliphatic heterocycles. The summed E-state index contributed by atoms with van der Waals surface area (Å²) in [6.07, 6.45) is 2.90. The molecule has 29 heavy (non-hydrogen) atoms. The van der Waals surface area contributed by atoms with Gasteiger partial charge in [-0.3, -0.25) is 10.2 Å². The fourth-order valence-corrected chi connectivity index (χ4v) is 2.91. The van der Waals surface area contributed by atoms with Crippen LogP contribution in [0.15, 0.2) is 52.5 Å². The molecule has 10 heteroatoms. The predicted molar refractivity (Wildman–Crippen MR) is 115 cm³/mol. The van der Waals surface area contributed by atoms with Crippen LogP contribution in [-0.4, -0.2) is 23.5 Å². The van der Waals surface area contributed by atoms with Crippen molar-refractivity contribution in [2.45, 2.75) is 6.61 Å². The van der Waals surface area contributed by atoms with Crippen molar-refractivity contribution in [3.8, 4) is 11.5 Å². The first-order chi connectivity index (χ1) is 14.0. The molecule has 2 N–H and O–H groups in total. The van der Waals surface area contributed by atoms with E-state index in [2.05, 4.69) is 20.7 Å². The number of hydrazone groups is 1. The van der Waals surface area contributed by atoms with Crippen LogP contribution in [0.5, 0.6) is 11.5 Å². The molecule has 150 valence electrons. The minimum Gasteiger partial charge on any atom is -0.493 e. The van der Waals surface area contributed by atoms with Crippen LogP contribution in [0.25, 0.3) is 0 Å². The second-order valence-corrected chi connectivity index (χ2v) is 6.95. The summed E-state index contributed by atoms with van der Waals surface area (Å²) in [6.45, 7) is 0.259. The molecule has 0 fully saturated rings. The summed E-state index contributed by atoms with van der Waals surface area (Å²) in [6, 6.07) is 10.5. The monoisotopic (exact) mass is 452 g/mol. The van der Waals surface area contributed by atoms with Gasteiger partial charge in [-0.2, -0.15) is 10.2 Å². The van der Waals surface area contributed by atoms with Gasteiger partial charge in [-0.05, 0) is 35.9 Å². The number of nitrogens with one attached hydrogen (secondary N) is 2. The third kappa shape index (κ3) is 5.41. The van der Waals surface area contributed by atoms with Gasteiger partial charge >= 0.3 is 0 Å². The van der Waals surface area contributed by atoms with Gasteiger partial charge in [-0.1, -0.05) is 40.9 Å². The molecule has 3 rings (SSSR count). The van der Waals surface area contributed by atoms with Gasteiger partial charge in [0.2, 0.25) is 0 Å². The molecule has 0 saturated heterocycles. The van der Waals surface area contributed by atoms with Crippen molar-refractivity contribution in [1.82, 2.24) is 10.2 Å². The molecule has 1 aromatic heterocycles. The summed E-state index contributed by atoms with van der Waals surface area (Å²) >= 11 is 17.9. The number of aromatic amines is 1. The molecule has 0 unspecified atom stereocenters. The highest BCUT2D eigenvalue weighted by Gasteiger charge is 2.08. The lowest BCUT2D eigenvalue weighted by Gasteiger charge is -2.12. The third-order valence-corrected chi connectivity index (χ3v) is 4.74. The van der Waals surface area contributed by atoms with E-state index in [0.717, 1.165) is 11.1 Å². The predicted octanol–water partition coefficient (Wildman–Crippen LogP) is 4.76. The first-order valence-corrected chi connectivity index (χ1v) is 9.38. The van der Waals surface area contributed by atoms with E-state index < -0.39 is 5.56 Å². The van der Waals surface area contributed by atoms with Gasteiger partial charge in [0.25, 0.3) is 5.56 Å². The van der Waals surface area contributed by atoms with Crippen molar-refractivity contribution < 1.29 is 9.47 Å². The Labute approximate surface area is 181 Å². The molecular weight excluding hydrogens is 439 g/mol. The minimum atomic E-state index is -0.504. The van der Waals surface area contributed by atoms with E-state index in [1.165, 1.54) is 6.20 Å². The van der Waals surface area contributed by atoms with E-state index in [4.69, 9.17) is 44.3 Å². The summed E-state index contributed by atoms with van der Waals surface area (Å²) in [5.74, 6) is 1.07. The zero-order valence-corrected chi connectivity index (χ0v) is 17.3. The highest BCUT2D eigenvalue weighted by Crippen LogP contribution is 2.30. The number of rotatable bonds is 7. The minimum absolute atomic E-state index is 0.0284. The molecule has 7 nitrogen and oxygen atoms in total. The molecule has 0 radical (unpaired) electrons. The van der Waals surface area contributed by atoms with Crippen molar-refractivity contribution in [1.29, 1.82) is 0 Å². The average molecular weight is 454 g/mol. The molecule has 0 bridgehead atoms. The van der Waals surface area contributed by atoms with Crippen LogP contribution >= 0.6 is 34.8 Å². The van der Waals surface area contributed by atoms with E-state index in [-0.39, 0.29) is 11.6 Å². The van der Waals surface area contributed by atoms with Crippen LogP contribution in [0.3, 0.4) is 0 Å². The Hall–Kier alpha value is -2.74. The standard InChI is InChI=1S/C19H15Cl3N4O3/c1-28-17-6-11(8-23-25-15-9-24-26-19(27)18(15)22)2-5-16(17)29-10-12-3-4-13(20)7-14(12)21/h2-9H,10H2,1H3,(H2,25,26,27)/b23-8-. The lowest BCUT2D eigenvalue weighted by atomic mass is 10.2. The first-order valence-electron chi connectivity index (χ1n) is 8.25. The van der Waals surface area contributed by atoms with Gasteiger partial charge in [-0.15, -0.1) is 0 Å². The lowest BCUT2D eigenvalue weighted by molar-refractivity contribution is 0.284. The van der Waals surface area contributed by atoms with Gasteiger partial charge in [0.05, 0.1) is 19.5 Å². The maximum Gasteiger partial charge on any atom is 0.285 e. The summed E-state index contributed by atoms with van der Waals surface area (Å²) in [5, 5.41) is 11.0. The van der Waals surface area contributed by atoms with Crippen molar-refractivity contribution in [2.24, 2.45) is 5.10 Å². The Morgan fingerprint density at radius 3 is 2.76 bits per heavy atom. The Morgan fingerprint density at radius 1 is 1.17 bits per heavy atom. The molecular formula is C19H15Cl3N4O3. The number of H-pyrrole nitrogens is 1. The zero-order valence-electron chi connectivity index (χ0n) is 15.1. The Balaban J connectivity index is 1.69. The van der Waals surface area contributed by atoms with Gasteiger partial charge in [0, 0.05) is 15.6 Å². The molecule has 1 heterocycles. The van der Waals surface area contributed by atoms with Gasteiger partial charge in [0.1, 0.15) is 17.3 Å². The number of ether oxygens (including phenoxy) is 2. The molecule has 0 spiro atoms. The van der Waals surface area contributed by atoms with Crippen molar-refractivity contribution in [3.63, 3.8) is 0 Å². The van der Waals surface area contributed by atoms with E-state index >= 15 is 0 Å². The third-order valence-electron chi connectivity index (χ3n) is 3.78. The average Bonchev–Trinajstić information content (AvgIpc) is 2.71. The highest BCUT2D eigenvalue weighted by molar-refractivity contribution is 6.35. The number of aromatic nitrogens is 2. The number of nitrogens with zero attached hydrogens (tertiary/aromatic N) is 2. The summed E-state index contributed by atoms with van der Waals surface area (Å²) in [7, 11) is 1.54. The number of hydrogen-bond acceptors (Lipinski definition) is 6. The summed E-state index contributed by atoms with van der Waals surface area (Å²) in [5.41, 5.74) is 3.99. The van der Waals surface area contributed by atoms with Crippen LogP contribution in [0.2, 0.25) is 15.1 Å². The Kier molecular flexibility index (Phi) is 6.98. The van der Waals surface area contributed by atoms with Gasteiger partial charge < -0.3 is 9.47 Å². The maximum atomic E-state index is 11.4. The largest absolute Gasteiger partial charge is 0.493 e. The van der Waals surface area contributed by atoms with Gasteiger partial charge in [-0.25, -0.2) is 5.10 Å². The molecule has 2 aromatic carbocycles. The first kappa shape index (κ1) is 21.0. The number of halogens is 3. The van der Waals surface area contributed by atoms with E-state index in [9.17, 15) is 4.79 Å². The normalized spacial score (nSPS) is 10.9. The van der Waals surface area contributed by atoms with Crippen LogP contribution < -0.4 is 20.5 Å². The summed E-state index contributed by atoms with van der Waals surface area (Å²) in [4.78, 5) is 11.4. The lowest BCUT2D eigenvalue weighted by Crippen LogP contribution is -2.10. The van der Waals surface area contributed by atoms with Crippen molar-refractivity contribution in [2.75, 3.05) is 12.5 Å². The van der Waals surface area contributed by atoms with E-state index in [1.807, 2.05) is 0 Å². The molecule has 0 aliphatic carbocycles. The zero-order chi connectivity index (χ0) is 20.8. The SMILES string of the molecule is COc1cc(/C=N\Nc2cn[nH]c(=O)c2Cl)ccc1OCc1ccc(Cl)cc1Cl. The van der Waals surface area contributed by atoms with Crippen molar-refractivity contribution in [3.05, 3.63) is 79.1 Å². The second kappa shape index (κ2) is 9.65. The molecule has 0 aliphatic rings. The highest BCUT2D eigenvalue weighted by atomic mass is 35.5. The smallest absolute Gasteiger partial charge is 0.285 e. The number of hydrogen-bond donors (Lipinski definition) is 2. The number of methoxy groups -OCH3 is 1.